The number of aromatic nitrogens is 4. The van der Waals surface area contributed by atoms with E-state index in [1.807, 2.05) is 0 Å². The highest BCUT2D eigenvalue weighted by atomic mass is 35.5. The first-order chi connectivity index (χ1) is 8.33. The van der Waals surface area contributed by atoms with Crippen molar-refractivity contribution in [2.24, 2.45) is 7.05 Å². The second kappa shape index (κ2) is 4.29. The van der Waals surface area contributed by atoms with Gasteiger partial charge in [0.05, 0.1) is 11.2 Å². The Bertz CT molecular complexity index is 668. The Balaban J connectivity index is 2.43. The van der Waals surface area contributed by atoms with E-state index in [0.717, 1.165) is 11.3 Å². The lowest BCUT2D eigenvalue weighted by Crippen LogP contribution is -2.17. The average Bonchev–Trinajstić information content (AvgIpc) is 2.76. The van der Waals surface area contributed by atoms with Crippen LogP contribution in [0.2, 0.25) is 5.02 Å². The molecule has 98 valence electrons. The summed E-state index contributed by atoms with van der Waals surface area (Å²) in [5.41, 5.74) is 1.53. The molecule has 2 heterocycles. The number of sulfonamides is 1. The van der Waals surface area contributed by atoms with Crippen LogP contribution < -0.4 is 4.72 Å². The van der Waals surface area contributed by atoms with E-state index in [2.05, 4.69) is 20.0 Å². The third-order valence-electron chi connectivity index (χ3n) is 2.58. The van der Waals surface area contributed by atoms with E-state index in [9.17, 15) is 8.42 Å². The van der Waals surface area contributed by atoms with Crippen LogP contribution in [0.3, 0.4) is 0 Å². The van der Waals surface area contributed by atoms with Gasteiger partial charge in [0.25, 0.3) is 10.0 Å². The van der Waals surface area contributed by atoms with E-state index < -0.39 is 10.0 Å². The topological polar surface area (TPSA) is 92.7 Å². The lowest BCUT2D eigenvalue weighted by Gasteiger charge is -2.07. The highest BCUT2D eigenvalue weighted by Crippen LogP contribution is 2.23. The number of aromatic amines is 1. The summed E-state index contributed by atoms with van der Waals surface area (Å²) in [6.45, 7) is 3.57. The quantitative estimate of drug-likeness (QED) is 0.888. The fourth-order valence-corrected chi connectivity index (χ4v) is 3.19. The average molecular weight is 290 g/mol. The molecular weight excluding hydrogens is 278 g/mol. The first-order valence-electron chi connectivity index (χ1n) is 5.05. The van der Waals surface area contributed by atoms with E-state index in [4.69, 9.17) is 11.6 Å². The minimum Gasteiger partial charge on any atom is -0.280 e. The van der Waals surface area contributed by atoms with Gasteiger partial charge in [0.1, 0.15) is 0 Å². The number of nitrogens with zero attached hydrogens (tertiary/aromatic N) is 3. The number of aryl methyl sites for hydroxylation is 2. The van der Waals surface area contributed by atoms with Crippen molar-refractivity contribution in [3.63, 3.8) is 0 Å². The molecule has 9 heteroatoms. The van der Waals surface area contributed by atoms with Crippen LogP contribution in [0.15, 0.2) is 11.2 Å². The summed E-state index contributed by atoms with van der Waals surface area (Å²) < 4.78 is 27.9. The molecule has 0 fully saturated rings. The summed E-state index contributed by atoms with van der Waals surface area (Å²) in [6.07, 6.45) is 1.28. The van der Waals surface area contributed by atoms with Crippen molar-refractivity contribution in [2.75, 3.05) is 4.72 Å². The van der Waals surface area contributed by atoms with Crippen molar-refractivity contribution in [1.29, 1.82) is 0 Å². The molecule has 0 saturated heterocycles. The van der Waals surface area contributed by atoms with E-state index in [-0.39, 0.29) is 15.9 Å². The predicted octanol–water partition coefficient (Wildman–Crippen LogP) is 1.21. The maximum Gasteiger partial charge on any atom is 0.281 e. The van der Waals surface area contributed by atoms with Crippen molar-refractivity contribution in [3.8, 4) is 0 Å². The third kappa shape index (κ3) is 2.08. The predicted molar refractivity (Wildman–Crippen MR) is 67.1 cm³/mol. The van der Waals surface area contributed by atoms with E-state index in [0.29, 0.717) is 0 Å². The largest absolute Gasteiger partial charge is 0.281 e. The van der Waals surface area contributed by atoms with Gasteiger partial charge < -0.3 is 0 Å². The van der Waals surface area contributed by atoms with Gasteiger partial charge in [-0.25, -0.2) is 0 Å². The molecule has 0 saturated carbocycles. The molecule has 0 radical (unpaired) electrons. The number of rotatable bonds is 3. The smallest absolute Gasteiger partial charge is 0.280 e. The Kier molecular flexibility index (Phi) is 3.07. The number of hydrogen-bond donors (Lipinski definition) is 2. The molecule has 0 aliphatic heterocycles. The second-order valence-corrected chi connectivity index (χ2v) is 5.85. The normalized spacial score (nSPS) is 11.8. The molecule has 7 nitrogen and oxygen atoms in total. The first kappa shape index (κ1) is 12.9. The lowest BCUT2D eigenvalue weighted by molar-refractivity contribution is 0.582. The fourth-order valence-electron chi connectivity index (χ4n) is 1.46. The molecule has 0 aromatic carbocycles. The van der Waals surface area contributed by atoms with Crippen LogP contribution >= 0.6 is 11.6 Å². The van der Waals surface area contributed by atoms with Crippen molar-refractivity contribution < 1.29 is 8.42 Å². The Hall–Kier alpha value is -1.54. The molecule has 0 unspecified atom stereocenters. The zero-order valence-corrected chi connectivity index (χ0v) is 11.6. The first-order valence-corrected chi connectivity index (χ1v) is 6.91. The van der Waals surface area contributed by atoms with Gasteiger partial charge in [0.2, 0.25) is 0 Å². The molecular formula is C9H12ClN5O2S. The summed E-state index contributed by atoms with van der Waals surface area (Å²) in [7, 11) is -2.30. The summed E-state index contributed by atoms with van der Waals surface area (Å²) in [6, 6.07) is 0. The second-order valence-electron chi connectivity index (χ2n) is 3.85. The molecule has 2 aromatic rings. The minimum absolute atomic E-state index is 0.0647. The van der Waals surface area contributed by atoms with Gasteiger partial charge in [-0.05, 0) is 13.8 Å². The standard InChI is InChI=1S/C9H12ClN5O2S/c1-5-6(2)12-13-8(5)14-18(16,17)9-7(10)4-11-15(9)3/h4H,1-3H3,(H2,12,13,14). The maximum absolute atomic E-state index is 12.2. The monoisotopic (exact) mass is 289 g/mol. The number of anilines is 1. The van der Waals surface area contributed by atoms with Gasteiger partial charge in [-0.2, -0.15) is 18.6 Å². The molecule has 0 atom stereocenters. The van der Waals surface area contributed by atoms with Crippen LogP contribution in [-0.2, 0) is 17.1 Å². The highest BCUT2D eigenvalue weighted by molar-refractivity contribution is 7.92. The van der Waals surface area contributed by atoms with Gasteiger partial charge in [0, 0.05) is 18.3 Å². The number of halogens is 1. The van der Waals surface area contributed by atoms with Gasteiger partial charge in [-0.3, -0.25) is 14.5 Å². The Morgan fingerprint density at radius 3 is 2.56 bits per heavy atom. The third-order valence-corrected chi connectivity index (χ3v) is 4.43. The number of nitrogens with one attached hydrogen (secondary N) is 2. The summed E-state index contributed by atoms with van der Waals surface area (Å²) in [5.74, 6) is 0.254. The Labute approximate surface area is 109 Å². The Morgan fingerprint density at radius 1 is 1.44 bits per heavy atom. The zero-order chi connectivity index (χ0) is 13.5. The molecule has 0 amide bonds. The highest BCUT2D eigenvalue weighted by Gasteiger charge is 2.24. The van der Waals surface area contributed by atoms with Crippen molar-refractivity contribution in [1.82, 2.24) is 20.0 Å². The van der Waals surface area contributed by atoms with Gasteiger partial charge in [-0.15, -0.1) is 0 Å². The van der Waals surface area contributed by atoms with Crippen molar-refractivity contribution >= 4 is 27.4 Å². The molecule has 2 rings (SSSR count). The summed E-state index contributed by atoms with van der Waals surface area (Å²) >= 11 is 5.81. The van der Waals surface area contributed by atoms with Crippen LogP contribution in [0.5, 0.6) is 0 Å². The van der Waals surface area contributed by atoms with Gasteiger partial charge in [0.15, 0.2) is 10.8 Å². The van der Waals surface area contributed by atoms with Crippen LogP contribution in [-0.4, -0.2) is 28.4 Å². The van der Waals surface area contributed by atoms with Gasteiger partial charge >= 0.3 is 0 Å². The van der Waals surface area contributed by atoms with E-state index in [1.165, 1.54) is 17.9 Å². The van der Waals surface area contributed by atoms with Crippen molar-refractivity contribution in [2.45, 2.75) is 18.9 Å². The SMILES string of the molecule is Cc1[nH]nc(NS(=O)(=O)c2c(Cl)cnn2C)c1C. The molecule has 0 aliphatic carbocycles. The summed E-state index contributed by atoms with van der Waals surface area (Å²) in [4.78, 5) is 0. The van der Waals surface area contributed by atoms with Crippen LogP contribution in [0, 0.1) is 13.8 Å². The van der Waals surface area contributed by atoms with E-state index in [1.54, 1.807) is 13.8 Å². The molecule has 0 spiro atoms. The molecule has 2 aromatic heterocycles. The minimum atomic E-state index is -3.80. The number of H-pyrrole nitrogens is 1. The molecule has 0 bridgehead atoms. The zero-order valence-electron chi connectivity index (χ0n) is 10.0. The Morgan fingerprint density at radius 2 is 2.11 bits per heavy atom. The summed E-state index contributed by atoms with van der Waals surface area (Å²) in [5, 5.41) is 10.3. The van der Waals surface area contributed by atoms with E-state index >= 15 is 0 Å². The van der Waals surface area contributed by atoms with Crippen LogP contribution in [0.25, 0.3) is 0 Å². The maximum atomic E-state index is 12.2. The van der Waals surface area contributed by atoms with Crippen molar-refractivity contribution in [3.05, 3.63) is 22.5 Å². The lowest BCUT2D eigenvalue weighted by atomic mass is 10.3. The van der Waals surface area contributed by atoms with Gasteiger partial charge in [-0.1, -0.05) is 11.6 Å². The number of hydrogen-bond acceptors (Lipinski definition) is 4. The molecule has 0 aliphatic rings. The van der Waals surface area contributed by atoms with Crippen LogP contribution in [0.4, 0.5) is 5.82 Å². The molecule has 18 heavy (non-hydrogen) atoms. The molecule has 2 N–H and O–H groups in total. The fraction of sp³-hybridized carbons (Fsp3) is 0.333. The van der Waals surface area contributed by atoms with Crippen LogP contribution in [0.1, 0.15) is 11.3 Å².